The van der Waals surface area contributed by atoms with Gasteiger partial charge < -0.3 is 10.1 Å². The van der Waals surface area contributed by atoms with E-state index < -0.39 is 0 Å². The molecule has 1 N–H and O–H groups in total. The van der Waals surface area contributed by atoms with E-state index in [-0.39, 0.29) is 5.91 Å². The van der Waals surface area contributed by atoms with Crippen molar-refractivity contribution < 1.29 is 9.53 Å². The third kappa shape index (κ3) is 4.23. The zero-order valence-electron chi connectivity index (χ0n) is 13.4. The summed E-state index contributed by atoms with van der Waals surface area (Å²) in [5.41, 5.74) is 1.10. The predicted octanol–water partition coefficient (Wildman–Crippen LogP) is 3.57. The number of carbonyl (C=O) groups is 1. The van der Waals surface area contributed by atoms with Gasteiger partial charge in [0.05, 0.1) is 7.11 Å². The summed E-state index contributed by atoms with van der Waals surface area (Å²) in [5, 5.41) is 3.23. The number of amides is 1. The first kappa shape index (κ1) is 15.9. The first-order chi connectivity index (χ1) is 10.1. The van der Waals surface area contributed by atoms with Crippen molar-refractivity contribution in [3.63, 3.8) is 0 Å². The molecule has 0 radical (unpaired) electrons. The van der Waals surface area contributed by atoms with Crippen molar-refractivity contribution in [2.75, 3.05) is 7.11 Å². The largest absolute Gasteiger partial charge is 0.496 e. The molecule has 116 valence electrons. The van der Waals surface area contributed by atoms with Gasteiger partial charge in [-0.2, -0.15) is 0 Å². The SMILES string of the molecule is COc1ccccc1CCC(=O)NC1CCCC(C)C1C. The maximum Gasteiger partial charge on any atom is 0.220 e. The smallest absolute Gasteiger partial charge is 0.220 e. The van der Waals surface area contributed by atoms with E-state index in [9.17, 15) is 4.79 Å². The maximum atomic E-state index is 12.2. The molecule has 3 nitrogen and oxygen atoms in total. The standard InChI is InChI=1S/C18H27NO2/c1-13-7-6-9-16(14(13)2)19-18(20)12-11-15-8-4-5-10-17(15)21-3/h4-5,8,10,13-14,16H,6-7,9,11-12H2,1-3H3,(H,19,20). The Morgan fingerprint density at radius 2 is 2.05 bits per heavy atom. The normalized spacial score (nSPS) is 25.4. The van der Waals surface area contributed by atoms with E-state index in [2.05, 4.69) is 19.2 Å². The summed E-state index contributed by atoms with van der Waals surface area (Å²) in [6.07, 6.45) is 4.88. The number of benzene rings is 1. The van der Waals surface area contributed by atoms with Crippen molar-refractivity contribution in [2.24, 2.45) is 11.8 Å². The van der Waals surface area contributed by atoms with E-state index in [0.717, 1.165) is 24.2 Å². The fourth-order valence-electron chi connectivity index (χ4n) is 3.22. The van der Waals surface area contributed by atoms with Gasteiger partial charge in [-0.15, -0.1) is 0 Å². The Morgan fingerprint density at radius 1 is 1.29 bits per heavy atom. The number of hydrogen-bond donors (Lipinski definition) is 1. The summed E-state index contributed by atoms with van der Waals surface area (Å²) in [6, 6.07) is 8.25. The molecule has 1 fully saturated rings. The fraction of sp³-hybridized carbons (Fsp3) is 0.611. The Balaban J connectivity index is 1.84. The van der Waals surface area contributed by atoms with Gasteiger partial charge in [0, 0.05) is 12.5 Å². The minimum Gasteiger partial charge on any atom is -0.496 e. The van der Waals surface area contributed by atoms with Gasteiger partial charge in [0.2, 0.25) is 5.91 Å². The van der Waals surface area contributed by atoms with Crippen LogP contribution in [0.25, 0.3) is 0 Å². The van der Waals surface area contributed by atoms with Crippen LogP contribution in [0, 0.1) is 11.8 Å². The van der Waals surface area contributed by atoms with Crippen LogP contribution >= 0.6 is 0 Å². The number of nitrogens with one attached hydrogen (secondary N) is 1. The van der Waals surface area contributed by atoms with Gasteiger partial charge in [0.15, 0.2) is 0 Å². The zero-order valence-corrected chi connectivity index (χ0v) is 13.4. The molecule has 0 aliphatic heterocycles. The Labute approximate surface area is 128 Å². The number of carbonyl (C=O) groups excluding carboxylic acids is 1. The van der Waals surface area contributed by atoms with E-state index in [0.29, 0.717) is 24.3 Å². The molecular weight excluding hydrogens is 262 g/mol. The van der Waals surface area contributed by atoms with Crippen molar-refractivity contribution in [1.82, 2.24) is 5.32 Å². The molecule has 1 aliphatic rings. The van der Waals surface area contributed by atoms with Crippen LogP contribution in [0.4, 0.5) is 0 Å². The molecule has 3 unspecified atom stereocenters. The van der Waals surface area contributed by atoms with Gasteiger partial charge in [0.25, 0.3) is 0 Å². The van der Waals surface area contributed by atoms with Gasteiger partial charge in [-0.05, 0) is 36.3 Å². The summed E-state index contributed by atoms with van der Waals surface area (Å²) in [5.74, 6) is 2.31. The van der Waals surface area contributed by atoms with Crippen LogP contribution in [0.3, 0.4) is 0 Å². The summed E-state index contributed by atoms with van der Waals surface area (Å²) >= 11 is 0. The topological polar surface area (TPSA) is 38.3 Å². The number of para-hydroxylation sites is 1. The van der Waals surface area contributed by atoms with Crippen molar-refractivity contribution in [1.29, 1.82) is 0 Å². The van der Waals surface area contributed by atoms with Crippen LogP contribution in [-0.2, 0) is 11.2 Å². The molecule has 2 rings (SSSR count). The number of ether oxygens (including phenoxy) is 1. The average Bonchev–Trinajstić information content (AvgIpc) is 2.50. The minimum atomic E-state index is 0.159. The van der Waals surface area contributed by atoms with E-state index in [1.165, 1.54) is 12.8 Å². The predicted molar refractivity (Wildman–Crippen MR) is 85.4 cm³/mol. The van der Waals surface area contributed by atoms with Gasteiger partial charge >= 0.3 is 0 Å². The summed E-state index contributed by atoms with van der Waals surface area (Å²) in [4.78, 5) is 12.2. The second-order valence-electron chi connectivity index (χ2n) is 6.25. The molecule has 21 heavy (non-hydrogen) atoms. The fourth-order valence-corrected chi connectivity index (χ4v) is 3.22. The third-order valence-electron chi connectivity index (χ3n) is 4.87. The van der Waals surface area contributed by atoms with Crippen molar-refractivity contribution in [2.45, 2.75) is 52.0 Å². The van der Waals surface area contributed by atoms with Crippen LogP contribution in [0.1, 0.15) is 45.1 Å². The van der Waals surface area contributed by atoms with Gasteiger partial charge in [0.1, 0.15) is 5.75 Å². The molecule has 0 saturated heterocycles. The van der Waals surface area contributed by atoms with Crippen LogP contribution in [0.15, 0.2) is 24.3 Å². The molecule has 1 amide bonds. The highest BCUT2D eigenvalue weighted by Crippen LogP contribution is 2.29. The monoisotopic (exact) mass is 289 g/mol. The van der Waals surface area contributed by atoms with Crippen LogP contribution in [0.5, 0.6) is 5.75 Å². The first-order valence-electron chi connectivity index (χ1n) is 8.03. The van der Waals surface area contributed by atoms with Crippen molar-refractivity contribution >= 4 is 5.91 Å². The Kier molecular flexibility index (Phi) is 5.66. The Bertz CT molecular complexity index is 472. The highest BCUT2D eigenvalue weighted by molar-refractivity contribution is 5.76. The molecule has 0 bridgehead atoms. The van der Waals surface area contributed by atoms with E-state index in [1.54, 1.807) is 7.11 Å². The maximum absolute atomic E-state index is 12.2. The van der Waals surface area contributed by atoms with Crippen molar-refractivity contribution in [3.05, 3.63) is 29.8 Å². The second kappa shape index (κ2) is 7.48. The highest BCUT2D eigenvalue weighted by atomic mass is 16.5. The summed E-state index contributed by atoms with van der Waals surface area (Å²) in [6.45, 7) is 4.55. The highest BCUT2D eigenvalue weighted by Gasteiger charge is 2.27. The molecule has 3 atom stereocenters. The minimum absolute atomic E-state index is 0.159. The number of hydrogen-bond acceptors (Lipinski definition) is 2. The lowest BCUT2D eigenvalue weighted by Crippen LogP contribution is -2.43. The Morgan fingerprint density at radius 3 is 2.81 bits per heavy atom. The molecule has 1 aromatic rings. The number of aryl methyl sites for hydroxylation is 1. The zero-order chi connectivity index (χ0) is 15.2. The van der Waals surface area contributed by atoms with Gasteiger partial charge in [-0.1, -0.05) is 44.9 Å². The molecule has 0 spiro atoms. The van der Waals surface area contributed by atoms with E-state index in [4.69, 9.17) is 4.74 Å². The lowest BCUT2D eigenvalue weighted by Gasteiger charge is -2.34. The lowest BCUT2D eigenvalue weighted by atomic mass is 9.78. The quantitative estimate of drug-likeness (QED) is 0.900. The molecular formula is C18H27NO2. The summed E-state index contributed by atoms with van der Waals surface area (Å²) in [7, 11) is 1.67. The van der Waals surface area contributed by atoms with Gasteiger partial charge in [-0.25, -0.2) is 0 Å². The average molecular weight is 289 g/mol. The van der Waals surface area contributed by atoms with Crippen molar-refractivity contribution in [3.8, 4) is 5.75 Å². The van der Waals surface area contributed by atoms with Crippen LogP contribution in [-0.4, -0.2) is 19.1 Å². The molecule has 1 aromatic carbocycles. The summed E-state index contributed by atoms with van der Waals surface area (Å²) < 4.78 is 5.33. The molecule has 0 aromatic heterocycles. The molecule has 1 aliphatic carbocycles. The van der Waals surface area contributed by atoms with E-state index in [1.807, 2.05) is 24.3 Å². The third-order valence-corrected chi connectivity index (χ3v) is 4.87. The molecule has 1 saturated carbocycles. The molecule has 0 heterocycles. The van der Waals surface area contributed by atoms with Crippen LogP contribution in [0.2, 0.25) is 0 Å². The number of methoxy groups -OCH3 is 1. The Hall–Kier alpha value is -1.51. The van der Waals surface area contributed by atoms with E-state index >= 15 is 0 Å². The first-order valence-corrected chi connectivity index (χ1v) is 8.03. The molecule has 3 heteroatoms. The van der Waals surface area contributed by atoms with Crippen LogP contribution < -0.4 is 10.1 Å². The lowest BCUT2D eigenvalue weighted by molar-refractivity contribution is -0.122. The van der Waals surface area contributed by atoms with Gasteiger partial charge in [-0.3, -0.25) is 4.79 Å². The second-order valence-corrected chi connectivity index (χ2v) is 6.25. The number of rotatable bonds is 5.